The summed E-state index contributed by atoms with van der Waals surface area (Å²) >= 11 is 4.20. The maximum atomic E-state index is 5.29. The summed E-state index contributed by atoms with van der Waals surface area (Å²) in [5.41, 5.74) is 1.14. The van der Waals surface area contributed by atoms with Gasteiger partial charge in [0, 0.05) is 13.6 Å². The van der Waals surface area contributed by atoms with Crippen LogP contribution in [0.2, 0.25) is 0 Å². The molecule has 2 nitrogen and oxygen atoms in total. The highest BCUT2D eigenvalue weighted by Crippen LogP contribution is 2.26. The van der Waals surface area contributed by atoms with Crippen LogP contribution >= 0.6 is 12.6 Å². The molecule has 0 saturated carbocycles. The van der Waals surface area contributed by atoms with Crippen LogP contribution in [0.25, 0.3) is 0 Å². The number of rotatable bonds is 5. The maximum Gasteiger partial charge on any atom is 0.142 e. The molecule has 0 radical (unpaired) electrons. The standard InChI is InChI=1S/C11H17NOS/c1-12(8-5-9-14)10-6-3-4-7-11(10)13-2/h3-4,6-7,14H,5,8-9H2,1-2H3. The molecule has 1 rings (SSSR count). The smallest absolute Gasteiger partial charge is 0.142 e. The van der Waals surface area contributed by atoms with E-state index in [-0.39, 0.29) is 0 Å². The van der Waals surface area contributed by atoms with Gasteiger partial charge < -0.3 is 9.64 Å². The van der Waals surface area contributed by atoms with Gasteiger partial charge in [0.15, 0.2) is 0 Å². The number of thiol groups is 1. The van der Waals surface area contributed by atoms with Gasteiger partial charge in [0.05, 0.1) is 12.8 Å². The van der Waals surface area contributed by atoms with Gasteiger partial charge in [-0.2, -0.15) is 12.6 Å². The predicted molar refractivity (Wildman–Crippen MR) is 64.7 cm³/mol. The van der Waals surface area contributed by atoms with Crippen LogP contribution < -0.4 is 9.64 Å². The number of hydrogen-bond donors (Lipinski definition) is 1. The van der Waals surface area contributed by atoms with Gasteiger partial charge in [-0.1, -0.05) is 12.1 Å². The van der Waals surface area contributed by atoms with Gasteiger partial charge in [0.25, 0.3) is 0 Å². The number of nitrogens with zero attached hydrogens (tertiary/aromatic N) is 1. The number of methoxy groups -OCH3 is 1. The molecule has 0 unspecified atom stereocenters. The summed E-state index contributed by atoms with van der Waals surface area (Å²) in [7, 11) is 3.77. The molecule has 0 fully saturated rings. The zero-order chi connectivity index (χ0) is 10.4. The second-order valence-corrected chi connectivity index (χ2v) is 3.62. The molecule has 1 aromatic carbocycles. The summed E-state index contributed by atoms with van der Waals surface area (Å²) in [6, 6.07) is 8.05. The van der Waals surface area contributed by atoms with Crippen molar-refractivity contribution in [3.63, 3.8) is 0 Å². The minimum Gasteiger partial charge on any atom is -0.495 e. The molecule has 0 heterocycles. The van der Waals surface area contributed by atoms with Crippen molar-refractivity contribution in [3.8, 4) is 5.75 Å². The molecule has 1 aromatic rings. The van der Waals surface area contributed by atoms with Gasteiger partial charge in [-0.25, -0.2) is 0 Å². The maximum absolute atomic E-state index is 5.29. The van der Waals surface area contributed by atoms with Crippen LogP contribution in [0.5, 0.6) is 5.75 Å². The number of benzene rings is 1. The lowest BCUT2D eigenvalue weighted by Gasteiger charge is -2.21. The van der Waals surface area contributed by atoms with Crippen LogP contribution in [0.15, 0.2) is 24.3 Å². The average Bonchev–Trinajstić information content (AvgIpc) is 2.25. The summed E-state index contributed by atoms with van der Waals surface area (Å²) in [6.07, 6.45) is 1.08. The monoisotopic (exact) mass is 211 g/mol. The minimum absolute atomic E-state index is 0.916. The van der Waals surface area contributed by atoms with E-state index in [1.165, 1.54) is 0 Å². The molecular weight excluding hydrogens is 194 g/mol. The van der Waals surface area contributed by atoms with Crippen LogP contribution in [-0.2, 0) is 0 Å². The molecule has 0 amide bonds. The molecule has 14 heavy (non-hydrogen) atoms. The Morgan fingerprint density at radius 3 is 2.71 bits per heavy atom. The van der Waals surface area contributed by atoms with E-state index in [1.807, 2.05) is 18.2 Å². The highest BCUT2D eigenvalue weighted by atomic mass is 32.1. The van der Waals surface area contributed by atoms with Gasteiger partial charge in [-0.05, 0) is 24.3 Å². The van der Waals surface area contributed by atoms with E-state index in [0.29, 0.717) is 0 Å². The van der Waals surface area contributed by atoms with Crippen molar-refractivity contribution in [2.45, 2.75) is 6.42 Å². The number of hydrogen-bond acceptors (Lipinski definition) is 3. The van der Waals surface area contributed by atoms with E-state index in [4.69, 9.17) is 4.74 Å². The third-order valence-electron chi connectivity index (χ3n) is 2.15. The van der Waals surface area contributed by atoms with E-state index >= 15 is 0 Å². The molecule has 0 spiro atoms. The molecule has 0 aliphatic rings. The Labute approximate surface area is 91.3 Å². The van der Waals surface area contributed by atoms with Crippen molar-refractivity contribution in [2.75, 3.05) is 31.4 Å². The first-order chi connectivity index (χ1) is 6.79. The van der Waals surface area contributed by atoms with E-state index < -0.39 is 0 Å². The lowest BCUT2D eigenvalue weighted by Crippen LogP contribution is -2.19. The third kappa shape index (κ3) is 2.84. The molecule has 0 aromatic heterocycles. The van der Waals surface area contributed by atoms with Gasteiger partial charge in [-0.3, -0.25) is 0 Å². The Morgan fingerprint density at radius 2 is 2.07 bits per heavy atom. The fourth-order valence-electron chi connectivity index (χ4n) is 1.37. The van der Waals surface area contributed by atoms with E-state index in [2.05, 4.69) is 30.6 Å². The van der Waals surface area contributed by atoms with Crippen molar-refractivity contribution in [1.82, 2.24) is 0 Å². The number of anilines is 1. The van der Waals surface area contributed by atoms with Crippen LogP contribution in [0.4, 0.5) is 5.69 Å². The summed E-state index contributed by atoms with van der Waals surface area (Å²) in [6.45, 7) is 1.00. The quantitative estimate of drug-likeness (QED) is 0.751. The molecule has 3 heteroatoms. The van der Waals surface area contributed by atoms with Gasteiger partial charge in [-0.15, -0.1) is 0 Å². The van der Waals surface area contributed by atoms with Gasteiger partial charge in [0.2, 0.25) is 0 Å². The van der Waals surface area contributed by atoms with Crippen molar-refractivity contribution in [3.05, 3.63) is 24.3 Å². The largest absolute Gasteiger partial charge is 0.495 e. The topological polar surface area (TPSA) is 12.5 Å². The van der Waals surface area contributed by atoms with Crippen molar-refractivity contribution < 1.29 is 4.74 Å². The summed E-state index contributed by atoms with van der Waals surface area (Å²) in [4.78, 5) is 2.19. The Hall–Kier alpha value is -0.830. The molecule has 78 valence electrons. The van der Waals surface area contributed by atoms with Crippen LogP contribution in [-0.4, -0.2) is 26.5 Å². The first kappa shape index (κ1) is 11.2. The molecule has 0 aliphatic carbocycles. The third-order valence-corrected chi connectivity index (χ3v) is 2.46. The van der Waals surface area contributed by atoms with Gasteiger partial charge in [0.1, 0.15) is 5.75 Å². The Kier molecular flexibility index (Phi) is 4.66. The van der Waals surface area contributed by atoms with E-state index in [1.54, 1.807) is 7.11 Å². The second kappa shape index (κ2) is 5.81. The molecule has 0 saturated heterocycles. The highest BCUT2D eigenvalue weighted by molar-refractivity contribution is 7.80. The van der Waals surface area contributed by atoms with E-state index in [0.717, 1.165) is 30.2 Å². The highest BCUT2D eigenvalue weighted by Gasteiger charge is 2.05. The predicted octanol–water partition coefficient (Wildman–Crippen LogP) is 2.45. The van der Waals surface area contributed by atoms with Gasteiger partial charge >= 0.3 is 0 Å². The SMILES string of the molecule is COc1ccccc1N(C)CCCS. The Bertz CT molecular complexity index is 278. The normalized spacial score (nSPS) is 9.93. The fraction of sp³-hybridized carbons (Fsp3) is 0.455. The number of para-hydroxylation sites is 2. The average molecular weight is 211 g/mol. The van der Waals surface area contributed by atoms with Crippen LogP contribution in [0.1, 0.15) is 6.42 Å². The van der Waals surface area contributed by atoms with E-state index in [9.17, 15) is 0 Å². The van der Waals surface area contributed by atoms with Crippen molar-refractivity contribution >= 4 is 18.3 Å². The van der Waals surface area contributed by atoms with Crippen LogP contribution in [0.3, 0.4) is 0 Å². The zero-order valence-corrected chi connectivity index (χ0v) is 9.63. The molecule has 0 bridgehead atoms. The lowest BCUT2D eigenvalue weighted by atomic mass is 10.2. The van der Waals surface area contributed by atoms with Crippen LogP contribution in [0, 0.1) is 0 Å². The van der Waals surface area contributed by atoms with Crippen molar-refractivity contribution in [1.29, 1.82) is 0 Å². The Balaban J connectivity index is 2.72. The van der Waals surface area contributed by atoms with Crippen molar-refractivity contribution in [2.24, 2.45) is 0 Å². The molecule has 0 aliphatic heterocycles. The second-order valence-electron chi connectivity index (χ2n) is 3.17. The summed E-state index contributed by atoms with van der Waals surface area (Å²) in [5.74, 6) is 1.84. The molecular formula is C11H17NOS. The summed E-state index contributed by atoms with van der Waals surface area (Å²) in [5, 5.41) is 0. The minimum atomic E-state index is 0.916. The Morgan fingerprint density at radius 1 is 1.36 bits per heavy atom. The summed E-state index contributed by atoms with van der Waals surface area (Å²) < 4.78 is 5.29. The number of ether oxygens (including phenoxy) is 1. The molecule has 0 N–H and O–H groups in total. The lowest BCUT2D eigenvalue weighted by molar-refractivity contribution is 0.415. The fourth-order valence-corrected chi connectivity index (χ4v) is 1.51. The molecule has 0 atom stereocenters. The zero-order valence-electron chi connectivity index (χ0n) is 8.73. The first-order valence-electron chi connectivity index (χ1n) is 4.74. The first-order valence-corrected chi connectivity index (χ1v) is 5.38.